The first-order valence-electron chi connectivity index (χ1n) is 10.3. The summed E-state index contributed by atoms with van der Waals surface area (Å²) in [5.74, 6) is 1.52. The van der Waals surface area contributed by atoms with Gasteiger partial charge in [0.2, 0.25) is 5.91 Å². The van der Waals surface area contributed by atoms with Crippen LogP contribution in [0.15, 0.2) is 42.5 Å². The highest BCUT2D eigenvalue weighted by Crippen LogP contribution is 2.28. The molecular formula is C23H30ClN3O3. The van der Waals surface area contributed by atoms with Crippen LogP contribution in [0.4, 0.5) is 0 Å². The van der Waals surface area contributed by atoms with Crippen molar-refractivity contribution in [3.05, 3.63) is 58.6 Å². The quantitative estimate of drug-likeness (QED) is 0.638. The molecule has 162 valence electrons. The lowest BCUT2D eigenvalue weighted by atomic mass is 10.1. The van der Waals surface area contributed by atoms with Crippen molar-refractivity contribution in [2.24, 2.45) is 0 Å². The zero-order valence-electron chi connectivity index (χ0n) is 17.8. The van der Waals surface area contributed by atoms with E-state index in [0.717, 1.165) is 35.6 Å². The number of benzene rings is 2. The summed E-state index contributed by atoms with van der Waals surface area (Å²) in [5.41, 5.74) is 2.22. The normalized spacial score (nSPS) is 18.9. The first-order valence-corrected chi connectivity index (χ1v) is 10.6. The maximum Gasteiger partial charge on any atom is 0.237 e. The van der Waals surface area contributed by atoms with E-state index in [1.807, 2.05) is 49.4 Å². The number of carbonyl (C=O) groups is 1. The van der Waals surface area contributed by atoms with Crippen molar-refractivity contribution < 1.29 is 14.3 Å². The van der Waals surface area contributed by atoms with E-state index in [9.17, 15) is 4.79 Å². The lowest BCUT2D eigenvalue weighted by molar-refractivity contribution is -0.125. The van der Waals surface area contributed by atoms with Gasteiger partial charge < -0.3 is 20.1 Å². The van der Waals surface area contributed by atoms with Gasteiger partial charge in [0, 0.05) is 37.7 Å². The molecule has 1 fully saturated rings. The molecule has 30 heavy (non-hydrogen) atoms. The van der Waals surface area contributed by atoms with E-state index in [2.05, 4.69) is 15.5 Å². The van der Waals surface area contributed by atoms with Gasteiger partial charge >= 0.3 is 0 Å². The van der Waals surface area contributed by atoms with E-state index in [1.54, 1.807) is 14.2 Å². The van der Waals surface area contributed by atoms with Crippen LogP contribution in [0.25, 0.3) is 0 Å². The van der Waals surface area contributed by atoms with Crippen LogP contribution in [0.1, 0.15) is 24.5 Å². The number of hydrogen-bond acceptors (Lipinski definition) is 5. The summed E-state index contributed by atoms with van der Waals surface area (Å²) >= 11 is 6.13. The van der Waals surface area contributed by atoms with Gasteiger partial charge in [-0.05, 0) is 48.7 Å². The van der Waals surface area contributed by atoms with Gasteiger partial charge in [0.05, 0.1) is 19.8 Å². The van der Waals surface area contributed by atoms with Crippen LogP contribution < -0.4 is 20.1 Å². The highest BCUT2D eigenvalue weighted by atomic mass is 35.5. The third-order valence-corrected chi connectivity index (χ3v) is 5.59. The highest BCUT2D eigenvalue weighted by Gasteiger charge is 2.36. The van der Waals surface area contributed by atoms with Crippen LogP contribution in [0.2, 0.25) is 5.02 Å². The molecule has 2 aromatic rings. The predicted octanol–water partition coefficient (Wildman–Crippen LogP) is 3.23. The number of carbonyl (C=O) groups excluding carboxylic acids is 1. The maximum absolute atomic E-state index is 12.5. The molecule has 1 aliphatic rings. The largest absolute Gasteiger partial charge is 0.493 e. The number of nitrogens with one attached hydrogen (secondary N) is 2. The molecule has 2 aromatic carbocycles. The van der Waals surface area contributed by atoms with E-state index < -0.39 is 0 Å². The molecule has 0 aromatic heterocycles. The topological polar surface area (TPSA) is 62.8 Å². The first kappa shape index (κ1) is 22.4. The minimum Gasteiger partial charge on any atom is -0.493 e. The molecule has 3 rings (SSSR count). The molecular weight excluding hydrogens is 402 g/mol. The van der Waals surface area contributed by atoms with Crippen molar-refractivity contribution in [2.75, 3.05) is 27.3 Å². The zero-order chi connectivity index (χ0) is 21.5. The molecule has 2 atom stereocenters. The van der Waals surface area contributed by atoms with E-state index in [1.165, 1.54) is 0 Å². The number of hydrogen-bond donors (Lipinski definition) is 2. The Morgan fingerprint density at radius 2 is 2.03 bits per heavy atom. The molecule has 7 heteroatoms. The second-order valence-electron chi connectivity index (χ2n) is 7.42. The SMILES string of the molecule is CCOc1cc(CN[C@H]2C[C@@H](C(=O)NC)N(Cc3cccc(Cl)c3)C2)ccc1OC. The second-order valence-corrected chi connectivity index (χ2v) is 7.86. The van der Waals surface area contributed by atoms with E-state index in [-0.39, 0.29) is 18.0 Å². The van der Waals surface area contributed by atoms with Gasteiger partial charge in [0.25, 0.3) is 0 Å². The lowest BCUT2D eigenvalue weighted by Crippen LogP contribution is -2.41. The number of rotatable bonds is 9. The van der Waals surface area contributed by atoms with Crippen molar-refractivity contribution in [3.63, 3.8) is 0 Å². The van der Waals surface area contributed by atoms with Crippen molar-refractivity contribution in [1.82, 2.24) is 15.5 Å². The Labute approximate surface area is 183 Å². The fourth-order valence-corrected chi connectivity index (χ4v) is 4.11. The summed E-state index contributed by atoms with van der Waals surface area (Å²) < 4.78 is 11.0. The van der Waals surface area contributed by atoms with Gasteiger partial charge in [0.15, 0.2) is 11.5 Å². The van der Waals surface area contributed by atoms with Crippen molar-refractivity contribution in [1.29, 1.82) is 0 Å². The third kappa shape index (κ3) is 5.65. The summed E-state index contributed by atoms with van der Waals surface area (Å²) in [6.07, 6.45) is 0.759. The standard InChI is InChI=1S/C23H30ClN3O3/c1-4-30-22-11-16(8-9-21(22)29-3)13-26-19-12-20(23(28)25-2)27(15-19)14-17-6-5-7-18(24)10-17/h5-11,19-20,26H,4,12-15H2,1-3H3,(H,25,28)/t19-,20-/m0/s1. The van der Waals surface area contributed by atoms with Crippen molar-refractivity contribution in [3.8, 4) is 11.5 Å². The minimum atomic E-state index is -0.165. The average Bonchev–Trinajstić information content (AvgIpc) is 3.14. The number of methoxy groups -OCH3 is 1. The Kier molecular flexibility index (Phi) is 7.96. The smallest absolute Gasteiger partial charge is 0.237 e. The molecule has 0 radical (unpaired) electrons. The molecule has 6 nitrogen and oxygen atoms in total. The van der Waals surface area contributed by atoms with Crippen LogP contribution in [0, 0.1) is 0 Å². The second kappa shape index (κ2) is 10.7. The Morgan fingerprint density at radius 1 is 1.20 bits per heavy atom. The van der Waals surface area contributed by atoms with E-state index >= 15 is 0 Å². The van der Waals surface area contributed by atoms with E-state index in [4.69, 9.17) is 21.1 Å². The Balaban J connectivity index is 1.65. The maximum atomic E-state index is 12.5. The monoisotopic (exact) mass is 431 g/mol. The zero-order valence-corrected chi connectivity index (χ0v) is 18.5. The molecule has 1 amide bonds. The molecule has 0 bridgehead atoms. The number of likely N-dealkylation sites (tertiary alicyclic amines) is 1. The number of ether oxygens (including phenoxy) is 2. The predicted molar refractivity (Wildman–Crippen MR) is 119 cm³/mol. The first-order chi connectivity index (χ1) is 14.5. The summed E-state index contributed by atoms with van der Waals surface area (Å²) in [6, 6.07) is 13.8. The van der Waals surface area contributed by atoms with Crippen molar-refractivity contribution >= 4 is 17.5 Å². The minimum absolute atomic E-state index is 0.0457. The third-order valence-electron chi connectivity index (χ3n) is 5.35. The number of halogens is 1. The van der Waals surface area contributed by atoms with E-state index in [0.29, 0.717) is 24.7 Å². The molecule has 1 heterocycles. The van der Waals surface area contributed by atoms with Crippen LogP contribution in [0.5, 0.6) is 11.5 Å². The molecule has 0 saturated carbocycles. The molecule has 1 saturated heterocycles. The summed E-state index contributed by atoms with van der Waals surface area (Å²) in [4.78, 5) is 14.7. The average molecular weight is 432 g/mol. The summed E-state index contributed by atoms with van der Waals surface area (Å²) in [5, 5.41) is 7.11. The number of nitrogens with zero attached hydrogens (tertiary/aromatic N) is 1. The molecule has 0 aliphatic carbocycles. The van der Waals surface area contributed by atoms with Crippen LogP contribution >= 0.6 is 11.6 Å². The van der Waals surface area contributed by atoms with Crippen LogP contribution in [-0.2, 0) is 17.9 Å². The molecule has 1 aliphatic heterocycles. The molecule has 2 N–H and O–H groups in total. The number of likely N-dealkylation sites (N-methyl/N-ethyl adjacent to an activating group) is 1. The Hall–Kier alpha value is -2.28. The van der Waals surface area contributed by atoms with Gasteiger partial charge in [-0.1, -0.05) is 29.8 Å². The fourth-order valence-electron chi connectivity index (χ4n) is 3.90. The van der Waals surface area contributed by atoms with Gasteiger partial charge in [-0.15, -0.1) is 0 Å². The van der Waals surface area contributed by atoms with Gasteiger partial charge in [-0.3, -0.25) is 9.69 Å². The van der Waals surface area contributed by atoms with Crippen LogP contribution in [0.3, 0.4) is 0 Å². The van der Waals surface area contributed by atoms with Gasteiger partial charge in [-0.2, -0.15) is 0 Å². The summed E-state index contributed by atoms with van der Waals surface area (Å²) in [7, 11) is 3.33. The van der Waals surface area contributed by atoms with Crippen LogP contribution in [-0.4, -0.2) is 50.2 Å². The molecule has 0 spiro atoms. The highest BCUT2D eigenvalue weighted by molar-refractivity contribution is 6.30. The Bertz CT molecular complexity index is 861. The lowest BCUT2D eigenvalue weighted by Gasteiger charge is -2.23. The Morgan fingerprint density at radius 3 is 2.73 bits per heavy atom. The van der Waals surface area contributed by atoms with Crippen molar-refractivity contribution in [2.45, 2.75) is 38.5 Å². The molecule has 0 unspecified atom stereocenters. The summed E-state index contributed by atoms with van der Waals surface area (Å²) in [6.45, 7) is 4.71. The number of amides is 1. The fraction of sp³-hybridized carbons (Fsp3) is 0.435. The van der Waals surface area contributed by atoms with Gasteiger partial charge in [-0.25, -0.2) is 0 Å². The van der Waals surface area contributed by atoms with Gasteiger partial charge in [0.1, 0.15) is 0 Å².